The van der Waals surface area contributed by atoms with Crippen molar-refractivity contribution in [2.75, 3.05) is 4.90 Å². The smallest absolute Gasteiger partial charge is 0.456 e. The fourth-order valence-electron chi connectivity index (χ4n) is 11.7. The van der Waals surface area contributed by atoms with Crippen molar-refractivity contribution in [2.45, 2.75) is 0 Å². The third-order valence-electron chi connectivity index (χ3n) is 14.5. The van der Waals surface area contributed by atoms with Gasteiger partial charge in [-0.2, -0.15) is 23.4 Å². The van der Waals surface area contributed by atoms with Crippen molar-refractivity contribution in [1.29, 1.82) is 0 Å². The molecule has 0 radical (unpaired) electrons. The standard InChI is InChI=1S/C62H40N4OSi2.Pt/c1-5-19-43(20-6-1)68(44-21-7-2-8-22-44,47-32-34-49-50-27-13-15-29-53(50)65-40-39-64-62(65)52(49)41-47)48-33-37-58-55(42-48)66(59-31-17-18-38-63-59)54-35-36-57-60(51-28-14-16-30-56(51)67-57)61(54)69(58,45-23-9-3-10-24-45)46-25-11-4-12-26-46;/h1-40H;/q-2;+2. The topological polar surface area (TPSA) is 46.6 Å². The van der Waals surface area contributed by atoms with Crippen molar-refractivity contribution >= 4 is 124 Å². The first-order valence-corrected chi connectivity index (χ1v) is 27.4. The number of nitrogens with zero attached hydrogens (tertiary/aromatic N) is 4. The molecule has 0 spiro atoms. The van der Waals surface area contributed by atoms with E-state index in [1.165, 1.54) is 36.5 Å². The Morgan fingerprint density at radius 2 is 1.10 bits per heavy atom. The van der Waals surface area contributed by atoms with Crippen molar-refractivity contribution in [3.63, 3.8) is 0 Å². The van der Waals surface area contributed by atoms with E-state index < -0.39 is 16.1 Å². The molecule has 0 fully saturated rings. The van der Waals surface area contributed by atoms with Crippen LogP contribution in [0.3, 0.4) is 0 Å². The molecule has 0 atom stereocenters. The van der Waals surface area contributed by atoms with Gasteiger partial charge in [0.2, 0.25) is 0 Å². The number of para-hydroxylation sites is 2. The Balaban J connectivity index is 0.00000480. The molecule has 0 N–H and O–H groups in total. The zero-order chi connectivity index (χ0) is 45.5. The van der Waals surface area contributed by atoms with E-state index >= 15 is 0 Å². The summed E-state index contributed by atoms with van der Waals surface area (Å²) in [6.45, 7) is 0. The molecule has 1 aliphatic rings. The van der Waals surface area contributed by atoms with E-state index in [2.05, 4.69) is 246 Å². The summed E-state index contributed by atoms with van der Waals surface area (Å²) in [5, 5.41) is 15.3. The van der Waals surface area contributed by atoms with Crippen LogP contribution in [0.5, 0.6) is 0 Å². The van der Waals surface area contributed by atoms with Crippen LogP contribution in [-0.2, 0) is 21.1 Å². The molecule has 1 aliphatic heterocycles. The molecule has 4 aromatic heterocycles. The summed E-state index contributed by atoms with van der Waals surface area (Å²) < 4.78 is 8.98. The molecular formula is C62H40N4OPtSi2. The largest absolute Gasteiger partial charge is 2.00 e. The van der Waals surface area contributed by atoms with Gasteiger partial charge in [0.25, 0.3) is 0 Å². The number of aromatic nitrogens is 3. The van der Waals surface area contributed by atoms with Crippen LogP contribution >= 0.6 is 0 Å². The van der Waals surface area contributed by atoms with E-state index in [1.54, 1.807) is 0 Å². The summed E-state index contributed by atoms with van der Waals surface area (Å²) in [5.41, 5.74) is 5.82. The second-order valence-corrected chi connectivity index (χ2v) is 25.3. The van der Waals surface area contributed by atoms with E-state index in [1.807, 2.05) is 18.5 Å². The van der Waals surface area contributed by atoms with Crippen LogP contribution in [0, 0.1) is 12.1 Å². The normalized spacial score (nSPS) is 13.1. The van der Waals surface area contributed by atoms with Crippen molar-refractivity contribution in [2.24, 2.45) is 0 Å². The zero-order valence-electron chi connectivity index (χ0n) is 37.6. The van der Waals surface area contributed by atoms with E-state index in [-0.39, 0.29) is 21.1 Å². The molecule has 0 unspecified atom stereocenters. The maximum atomic E-state index is 6.78. The van der Waals surface area contributed by atoms with Crippen LogP contribution in [0.2, 0.25) is 0 Å². The summed E-state index contributed by atoms with van der Waals surface area (Å²) in [5.74, 6) is 0.821. The molecule has 8 heteroatoms. The average molecular weight is 1110 g/mol. The molecule has 70 heavy (non-hydrogen) atoms. The van der Waals surface area contributed by atoms with Gasteiger partial charge >= 0.3 is 21.1 Å². The molecule has 5 nitrogen and oxygen atoms in total. The molecule has 5 heterocycles. The van der Waals surface area contributed by atoms with Crippen LogP contribution in [-0.4, -0.2) is 30.5 Å². The number of rotatable bonds is 7. The first-order valence-electron chi connectivity index (χ1n) is 23.4. The molecule has 0 aliphatic carbocycles. The zero-order valence-corrected chi connectivity index (χ0v) is 41.9. The van der Waals surface area contributed by atoms with Gasteiger partial charge in [0.15, 0.2) is 0 Å². The summed E-state index contributed by atoms with van der Waals surface area (Å²) in [6.07, 6.45) is 5.86. The number of benzene rings is 9. The quantitative estimate of drug-likeness (QED) is 0.0693. The molecule has 0 saturated carbocycles. The Hall–Kier alpha value is -7.94. The van der Waals surface area contributed by atoms with Gasteiger partial charge in [-0.25, -0.2) is 4.98 Å². The van der Waals surface area contributed by atoms with Crippen LogP contribution < -0.4 is 46.4 Å². The van der Waals surface area contributed by atoms with Crippen LogP contribution in [0.1, 0.15) is 0 Å². The number of pyridine rings is 2. The first kappa shape index (κ1) is 42.2. The maximum absolute atomic E-state index is 6.78. The van der Waals surface area contributed by atoms with Gasteiger partial charge in [-0.1, -0.05) is 185 Å². The summed E-state index contributed by atoms with van der Waals surface area (Å²) >= 11 is 0. The fourth-order valence-corrected chi connectivity index (χ4v) is 21.5. The molecule has 0 bridgehead atoms. The van der Waals surface area contributed by atoms with Crippen molar-refractivity contribution < 1.29 is 25.5 Å². The van der Waals surface area contributed by atoms with Crippen LogP contribution in [0.15, 0.2) is 247 Å². The molecule has 332 valence electrons. The second kappa shape index (κ2) is 16.6. The average Bonchev–Trinajstić information content (AvgIpc) is 4.09. The molecule has 0 saturated heterocycles. The minimum absolute atomic E-state index is 0. The van der Waals surface area contributed by atoms with Gasteiger partial charge in [-0.3, -0.25) is 4.98 Å². The first-order chi connectivity index (χ1) is 34.2. The molecule has 9 aromatic carbocycles. The third kappa shape index (κ3) is 5.99. The SMILES string of the molecule is [Pt+2].[c-]1c([Si](c2[c-]c3c(cc2)c2ccccc2n2ccnc32)(c2ccccc2)c2ccccc2)ccc2c1N(c1ccccn1)c1ccc3oc4ccccc4c3c1[Si]2(c1ccccc1)c1ccccc1. The second-order valence-electron chi connectivity index (χ2n) is 17.9. The molecule has 0 amide bonds. The molecule has 13 aromatic rings. The Morgan fingerprint density at radius 3 is 1.80 bits per heavy atom. The number of furan rings is 1. The van der Waals surface area contributed by atoms with E-state index in [0.717, 1.165) is 71.4 Å². The van der Waals surface area contributed by atoms with Gasteiger partial charge in [-0.05, 0) is 57.3 Å². The Morgan fingerprint density at radius 1 is 0.486 bits per heavy atom. The van der Waals surface area contributed by atoms with Crippen molar-refractivity contribution in [3.8, 4) is 0 Å². The summed E-state index contributed by atoms with van der Waals surface area (Å²) in [4.78, 5) is 12.5. The number of anilines is 3. The number of fused-ring (bicyclic) bond motifs is 12. The minimum atomic E-state index is -3.30. The molecule has 14 rings (SSSR count). The monoisotopic (exact) mass is 1110 g/mol. The Labute approximate surface area is 421 Å². The van der Waals surface area contributed by atoms with E-state index in [9.17, 15) is 0 Å². The number of hydrogen-bond donors (Lipinski definition) is 0. The molecular weight excluding hydrogens is 1070 g/mol. The van der Waals surface area contributed by atoms with E-state index in [0.29, 0.717) is 0 Å². The number of hydrogen-bond acceptors (Lipinski definition) is 4. The Bertz CT molecular complexity index is 4010. The van der Waals surface area contributed by atoms with Gasteiger partial charge in [0, 0.05) is 40.6 Å². The van der Waals surface area contributed by atoms with Gasteiger partial charge in [-0.15, -0.1) is 34.0 Å². The van der Waals surface area contributed by atoms with Gasteiger partial charge in [0.1, 0.15) is 33.1 Å². The predicted molar refractivity (Wildman–Crippen MR) is 288 cm³/mol. The van der Waals surface area contributed by atoms with Crippen LogP contribution in [0.4, 0.5) is 17.2 Å². The fraction of sp³-hybridized carbons (Fsp3) is 0. The summed E-state index contributed by atoms with van der Waals surface area (Å²) in [6, 6.07) is 90.4. The minimum Gasteiger partial charge on any atom is -0.456 e. The predicted octanol–water partition coefficient (Wildman–Crippen LogP) is 9.07. The van der Waals surface area contributed by atoms with Gasteiger partial charge < -0.3 is 13.7 Å². The maximum Gasteiger partial charge on any atom is 2.00 e. The van der Waals surface area contributed by atoms with E-state index in [4.69, 9.17) is 14.4 Å². The summed E-state index contributed by atoms with van der Waals surface area (Å²) in [7, 11) is -6.57. The number of imidazole rings is 1. The van der Waals surface area contributed by atoms with Crippen molar-refractivity contribution in [3.05, 3.63) is 255 Å². The van der Waals surface area contributed by atoms with Crippen molar-refractivity contribution in [1.82, 2.24) is 14.4 Å². The van der Waals surface area contributed by atoms with Crippen LogP contribution in [0.25, 0.3) is 49.3 Å². The third-order valence-corrected chi connectivity index (χ3v) is 23.9. The Kier molecular flexibility index (Phi) is 10.0. The van der Waals surface area contributed by atoms with Gasteiger partial charge in [0.05, 0.1) is 5.65 Å².